The molecule has 0 unspecified atom stereocenters. The summed E-state index contributed by atoms with van der Waals surface area (Å²) in [6, 6.07) is 5.41. The van der Waals surface area contributed by atoms with Gasteiger partial charge >= 0.3 is 5.97 Å². The lowest BCUT2D eigenvalue weighted by Crippen LogP contribution is -2.25. The van der Waals surface area contributed by atoms with E-state index in [1.54, 1.807) is 19.0 Å². The molecule has 0 aliphatic heterocycles. The number of hydrogen-bond donors (Lipinski definition) is 1. The monoisotopic (exact) mass is 291 g/mol. The van der Waals surface area contributed by atoms with Crippen molar-refractivity contribution >= 4 is 11.7 Å². The molecule has 6 nitrogen and oxygen atoms in total. The van der Waals surface area contributed by atoms with Crippen LogP contribution in [0.5, 0.6) is 0 Å². The lowest BCUT2D eigenvalue weighted by Gasteiger charge is -2.12. The van der Waals surface area contributed by atoms with Crippen LogP contribution in [0.25, 0.3) is 0 Å². The molecule has 0 amide bonds. The van der Waals surface area contributed by atoms with Gasteiger partial charge in [0.05, 0.1) is 24.0 Å². The highest BCUT2D eigenvalue weighted by Gasteiger charge is 2.14. The maximum atomic E-state index is 14.0. The molecule has 0 aliphatic carbocycles. The van der Waals surface area contributed by atoms with Crippen LogP contribution in [0.3, 0.4) is 0 Å². The topological polar surface area (TPSA) is 75.4 Å². The summed E-state index contributed by atoms with van der Waals surface area (Å²) in [6.07, 6.45) is 1.49. The van der Waals surface area contributed by atoms with Crippen molar-refractivity contribution in [3.63, 3.8) is 0 Å². The van der Waals surface area contributed by atoms with Gasteiger partial charge in [-0.15, -0.1) is 0 Å². The molecular weight excluding hydrogens is 277 g/mol. The van der Waals surface area contributed by atoms with Gasteiger partial charge < -0.3 is 10.0 Å². The number of carboxylic acid groups (broad SMARTS) is 1. The third kappa shape index (κ3) is 3.07. The van der Waals surface area contributed by atoms with Crippen molar-refractivity contribution in [2.24, 2.45) is 0 Å². The third-order valence-electron chi connectivity index (χ3n) is 3.00. The quantitative estimate of drug-likeness (QED) is 0.916. The molecule has 0 saturated carbocycles. The predicted molar refractivity (Wildman–Crippen MR) is 75.3 cm³/mol. The van der Waals surface area contributed by atoms with E-state index >= 15 is 0 Å². The normalized spacial score (nSPS) is 10.4. The third-order valence-corrected chi connectivity index (χ3v) is 3.00. The van der Waals surface area contributed by atoms with Crippen LogP contribution in [0, 0.1) is 5.82 Å². The van der Waals surface area contributed by atoms with Crippen molar-refractivity contribution in [2.45, 2.75) is 6.54 Å². The van der Waals surface area contributed by atoms with E-state index in [9.17, 15) is 14.0 Å². The van der Waals surface area contributed by atoms with Gasteiger partial charge in [-0.3, -0.25) is 4.79 Å². The first-order chi connectivity index (χ1) is 9.90. The first-order valence-corrected chi connectivity index (χ1v) is 6.15. The summed E-state index contributed by atoms with van der Waals surface area (Å²) in [6.45, 7) is -0.126. The SMILES string of the molecule is CN(C)c1cnn(Cc2cccc(C(=O)O)c2F)c(=O)c1. The zero-order valence-corrected chi connectivity index (χ0v) is 11.6. The average molecular weight is 291 g/mol. The van der Waals surface area contributed by atoms with Gasteiger partial charge in [0.15, 0.2) is 0 Å². The Kier molecular flexibility index (Phi) is 4.02. The highest BCUT2D eigenvalue weighted by Crippen LogP contribution is 2.14. The molecule has 0 atom stereocenters. The molecule has 0 saturated heterocycles. The van der Waals surface area contributed by atoms with Gasteiger partial charge in [-0.2, -0.15) is 5.10 Å². The molecule has 0 fully saturated rings. The fourth-order valence-corrected chi connectivity index (χ4v) is 1.82. The van der Waals surface area contributed by atoms with Crippen LogP contribution in [-0.2, 0) is 6.54 Å². The molecule has 1 aromatic carbocycles. The summed E-state index contributed by atoms with van der Waals surface area (Å²) in [4.78, 5) is 24.5. The van der Waals surface area contributed by atoms with Crippen molar-refractivity contribution in [2.75, 3.05) is 19.0 Å². The van der Waals surface area contributed by atoms with Gasteiger partial charge in [0, 0.05) is 25.7 Å². The standard InChI is InChI=1S/C14H14FN3O3/c1-17(2)10-6-12(19)18(16-7-10)8-9-4-3-5-11(13(9)15)14(20)21/h3-7H,8H2,1-2H3,(H,20,21). The van der Waals surface area contributed by atoms with E-state index in [0.29, 0.717) is 5.69 Å². The summed E-state index contributed by atoms with van der Waals surface area (Å²) in [5.74, 6) is -2.20. The Morgan fingerprint density at radius 2 is 2.14 bits per heavy atom. The van der Waals surface area contributed by atoms with Crippen LogP contribution < -0.4 is 10.5 Å². The number of benzene rings is 1. The van der Waals surface area contributed by atoms with Crippen molar-refractivity contribution < 1.29 is 14.3 Å². The van der Waals surface area contributed by atoms with Crippen LogP contribution in [0.15, 0.2) is 35.3 Å². The Hall–Kier alpha value is -2.70. The molecule has 0 radical (unpaired) electrons. The minimum Gasteiger partial charge on any atom is -0.478 e. The molecule has 1 heterocycles. The van der Waals surface area contributed by atoms with Crippen LogP contribution in [0.2, 0.25) is 0 Å². The van der Waals surface area contributed by atoms with E-state index in [0.717, 1.165) is 4.68 Å². The Morgan fingerprint density at radius 1 is 1.43 bits per heavy atom. The summed E-state index contributed by atoms with van der Waals surface area (Å²) >= 11 is 0. The zero-order valence-electron chi connectivity index (χ0n) is 11.6. The van der Waals surface area contributed by atoms with Crippen molar-refractivity contribution in [3.8, 4) is 0 Å². The summed E-state index contributed by atoms with van der Waals surface area (Å²) in [5, 5.41) is 12.8. The second kappa shape index (κ2) is 5.74. The second-order valence-corrected chi connectivity index (χ2v) is 4.69. The summed E-state index contributed by atoms with van der Waals surface area (Å²) < 4.78 is 15.1. The molecule has 110 valence electrons. The smallest absolute Gasteiger partial charge is 0.338 e. The minimum atomic E-state index is -1.35. The number of aromatic carboxylic acids is 1. The van der Waals surface area contributed by atoms with E-state index < -0.39 is 17.3 Å². The Morgan fingerprint density at radius 3 is 2.71 bits per heavy atom. The first-order valence-electron chi connectivity index (χ1n) is 6.15. The molecule has 0 aliphatic rings. The number of aromatic nitrogens is 2. The van der Waals surface area contributed by atoms with Crippen LogP contribution in [0.4, 0.5) is 10.1 Å². The molecule has 2 aromatic rings. The van der Waals surface area contributed by atoms with Gasteiger partial charge in [-0.1, -0.05) is 12.1 Å². The number of anilines is 1. The maximum Gasteiger partial charge on any atom is 0.338 e. The fraction of sp³-hybridized carbons (Fsp3) is 0.214. The first kappa shape index (κ1) is 14.7. The van der Waals surface area contributed by atoms with Gasteiger partial charge in [0.1, 0.15) is 5.82 Å². The number of hydrogen-bond acceptors (Lipinski definition) is 4. The predicted octanol–water partition coefficient (Wildman–Crippen LogP) is 1.19. The van der Waals surface area contributed by atoms with Gasteiger partial charge in [-0.25, -0.2) is 13.9 Å². The molecule has 0 bridgehead atoms. The number of rotatable bonds is 4. The fourth-order valence-electron chi connectivity index (χ4n) is 1.82. The second-order valence-electron chi connectivity index (χ2n) is 4.69. The van der Waals surface area contributed by atoms with Gasteiger partial charge in [-0.05, 0) is 6.07 Å². The zero-order chi connectivity index (χ0) is 15.6. The lowest BCUT2D eigenvalue weighted by atomic mass is 10.1. The molecule has 21 heavy (non-hydrogen) atoms. The maximum absolute atomic E-state index is 14.0. The molecule has 7 heteroatoms. The molecule has 2 rings (SSSR count). The van der Waals surface area contributed by atoms with Crippen molar-refractivity contribution in [1.29, 1.82) is 0 Å². The highest BCUT2D eigenvalue weighted by atomic mass is 19.1. The van der Waals surface area contributed by atoms with Crippen LogP contribution in [-0.4, -0.2) is 35.0 Å². The van der Waals surface area contributed by atoms with E-state index in [2.05, 4.69) is 5.10 Å². The van der Waals surface area contributed by atoms with Crippen molar-refractivity contribution in [3.05, 3.63) is 57.8 Å². The van der Waals surface area contributed by atoms with Crippen molar-refractivity contribution in [1.82, 2.24) is 9.78 Å². The summed E-state index contributed by atoms with van der Waals surface area (Å²) in [5.41, 5.74) is -0.0788. The lowest BCUT2D eigenvalue weighted by molar-refractivity contribution is 0.0691. The van der Waals surface area contributed by atoms with Crippen LogP contribution >= 0.6 is 0 Å². The Labute approximate surface area is 120 Å². The minimum absolute atomic E-state index is 0.0992. The van der Waals surface area contributed by atoms with E-state index in [1.165, 1.54) is 30.5 Å². The number of halogens is 1. The van der Waals surface area contributed by atoms with Gasteiger partial charge in [0.25, 0.3) is 5.56 Å². The summed E-state index contributed by atoms with van der Waals surface area (Å²) in [7, 11) is 3.55. The van der Waals surface area contributed by atoms with E-state index in [4.69, 9.17) is 5.11 Å². The number of nitrogens with zero attached hydrogens (tertiary/aromatic N) is 3. The number of carbonyl (C=O) groups is 1. The molecule has 1 aromatic heterocycles. The number of carboxylic acids is 1. The van der Waals surface area contributed by atoms with E-state index in [-0.39, 0.29) is 17.7 Å². The highest BCUT2D eigenvalue weighted by molar-refractivity contribution is 5.88. The largest absolute Gasteiger partial charge is 0.478 e. The van der Waals surface area contributed by atoms with Crippen LogP contribution in [0.1, 0.15) is 15.9 Å². The molecule has 0 spiro atoms. The van der Waals surface area contributed by atoms with E-state index in [1.807, 2.05) is 0 Å². The molecule has 1 N–H and O–H groups in total. The Balaban J connectivity index is 2.37. The molecular formula is C14H14FN3O3. The Bertz CT molecular complexity index is 740. The van der Waals surface area contributed by atoms with Gasteiger partial charge in [0.2, 0.25) is 0 Å². The average Bonchev–Trinajstić information content (AvgIpc) is 2.42.